The zero-order chi connectivity index (χ0) is 19.2. The van der Waals surface area contributed by atoms with Gasteiger partial charge in [-0.25, -0.2) is 0 Å². The van der Waals surface area contributed by atoms with E-state index >= 15 is 0 Å². The molecule has 3 rings (SSSR count). The summed E-state index contributed by atoms with van der Waals surface area (Å²) in [6, 6.07) is 13.1. The van der Waals surface area contributed by atoms with Crippen LogP contribution in [0.25, 0.3) is 0 Å². The predicted octanol–water partition coefficient (Wildman–Crippen LogP) is 3.79. The van der Waals surface area contributed by atoms with Crippen molar-refractivity contribution < 1.29 is 23.0 Å². The van der Waals surface area contributed by atoms with Crippen molar-refractivity contribution in [1.29, 1.82) is 0 Å². The molecule has 0 spiro atoms. The van der Waals surface area contributed by atoms with Crippen LogP contribution in [0.5, 0.6) is 11.5 Å². The number of nitrogens with one attached hydrogen (secondary N) is 1. The van der Waals surface area contributed by atoms with Gasteiger partial charge in [0.25, 0.3) is 5.91 Å². The van der Waals surface area contributed by atoms with Crippen LogP contribution >= 0.6 is 0 Å². The molecule has 2 aromatic carbocycles. The van der Waals surface area contributed by atoms with Gasteiger partial charge in [-0.2, -0.15) is 13.9 Å². The molecule has 0 fully saturated rings. The SMILES string of the molecule is COc1ccc(NC(=O)c2ccc(Cn3cccn3)cc2)cc1OC(F)F. The lowest BCUT2D eigenvalue weighted by Gasteiger charge is -2.12. The van der Waals surface area contributed by atoms with E-state index in [1.54, 1.807) is 29.1 Å². The van der Waals surface area contributed by atoms with Gasteiger partial charge < -0.3 is 14.8 Å². The number of carbonyl (C=O) groups is 1. The second-order valence-corrected chi connectivity index (χ2v) is 5.60. The maximum atomic E-state index is 12.5. The second kappa shape index (κ2) is 8.31. The van der Waals surface area contributed by atoms with Crippen molar-refractivity contribution in [2.75, 3.05) is 12.4 Å². The lowest BCUT2D eigenvalue weighted by Crippen LogP contribution is -2.12. The summed E-state index contributed by atoms with van der Waals surface area (Å²) in [5, 5.41) is 6.78. The predicted molar refractivity (Wildman–Crippen MR) is 95.4 cm³/mol. The Morgan fingerprint density at radius 2 is 1.96 bits per heavy atom. The van der Waals surface area contributed by atoms with Crippen LogP contribution < -0.4 is 14.8 Å². The van der Waals surface area contributed by atoms with Crippen LogP contribution in [0.3, 0.4) is 0 Å². The molecule has 3 aromatic rings. The molecule has 0 aliphatic rings. The maximum Gasteiger partial charge on any atom is 0.387 e. The molecule has 1 heterocycles. The Kier molecular flexibility index (Phi) is 5.65. The third-order valence-corrected chi connectivity index (χ3v) is 3.76. The number of aromatic nitrogens is 2. The molecule has 6 nitrogen and oxygen atoms in total. The standard InChI is InChI=1S/C19H17F2N3O3/c1-26-16-8-7-15(11-17(16)27-19(20)21)23-18(25)14-5-3-13(4-6-14)12-24-10-2-9-22-24/h2-11,19H,12H2,1H3,(H,23,25). The zero-order valence-corrected chi connectivity index (χ0v) is 14.4. The number of hydrogen-bond donors (Lipinski definition) is 1. The third-order valence-electron chi connectivity index (χ3n) is 3.76. The van der Waals surface area contributed by atoms with E-state index in [-0.39, 0.29) is 17.4 Å². The molecule has 8 heteroatoms. The summed E-state index contributed by atoms with van der Waals surface area (Å²) in [6.07, 6.45) is 3.55. The van der Waals surface area contributed by atoms with Gasteiger partial charge in [0, 0.05) is 29.7 Å². The maximum absolute atomic E-state index is 12.5. The molecular weight excluding hydrogens is 356 g/mol. The highest BCUT2D eigenvalue weighted by Gasteiger charge is 2.13. The average Bonchev–Trinajstić information content (AvgIpc) is 3.15. The molecule has 0 aliphatic carbocycles. The van der Waals surface area contributed by atoms with Gasteiger partial charge in [0.05, 0.1) is 13.7 Å². The van der Waals surface area contributed by atoms with E-state index in [1.807, 2.05) is 24.4 Å². The first-order valence-electron chi connectivity index (χ1n) is 8.06. The van der Waals surface area contributed by atoms with Crippen LogP contribution in [0.1, 0.15) is 15.9 Å². The van der Waals surface area contributed by atoms with E-state index in [9.17, 15) is 13.6 Å². The molecular formula is C19H17F2N3O3. The monoisotopic (exact) mass is 373 g/mol. The van der Waals surface area contributed by atoms with E-state index in [0.717, 1.165) is 5.56 Å². The number of alkyl halides is 2. The van der Waals surface area contributed by atoms with Crippen molar-refractivity contribution in [3.63, 3.8) is 0 Å². The molecule has 1 N–H and O–H groups in total. The normalized spacial score (nSPS) is 10.7. The van der Waals surface area contributed by atoms with Crippen LogP contribution in [0.15, 0.2) is 60.9 Å². The smallest absolute Gasteiger partial charge is 0.387 e. The third kappa shape index (κ3) is 4.81. The molecule has 0 unspecified atom stereocenters. The largest absolute Gasteiger partial charge is 0.493 e. The molecule has 0 saturated heterocycles. The fourth-order valence-electron chi connectivity index (χ4n) is 2.49. The van der Waals surface area contributed by atoms with Gasteiger partial charge in [-0.1, -0.05) is 12.1 Å². The number of anilines is 1. The summed E-state index contributed by atoms with van der Waals surface area (Å²) in [7, 11) is 1.34. The van der Waals surface area contributed by atoms with Gasteiger partial charge >= 0.3 is 6.61 Å². The molecule has 1 aromatic heterocycles. The first-order valence-corrected chi connectivity index (χ1v) is 8.06. The minimum atomic E-state index is -2.99. The van der Waals surface area contributed by atoms with Gasteiger partial charge in [-0.05, 0) is 35.9 Å². The molecule has 0 bridgehead atoms. The fraction of sp³-hybridized carbons (Fsp3) is 0.158. The van der Waals surface area contributed by atoms with E-state index in [0.29, 0.717) is 17.8 Å². The van der Waals surface area contributed by atoms with Crippen molar-refractivity contribution >= 4 is 11.6 Å². The number of methoxy groups -OCH3 is 1. The van der Waals surface area contributed by atoms with E-state index < -0.39 is 6.61 Å². The first-order chi connectivity index (χ1) is 13.0. The topological polar surface area (TPSA) is 65.4 Å². The summed E-state index contributed by atoms with van der Waals surface area (Å²) >= 11 is 0. The molecule has 0 radical (unpaired) electrons. The summed E-state index contributed by atoms with van der Waals surface area (Å²) in [5.74, 6) is -0.370. The van der Waals surface area contributed by atoms with Crippen molar-refractivity contribution in [2.24, 2.45) is 0 Å². The number of hydrogen-bond acceptors (Lipinski definition) is 4. The average molecular weight is 373 g/mol. The van der Waals surface area contributed by atoms with Crippen molar-refractivity contribution in [3.05, 3.63) is 72.1 Å². The van der Waals surface area contributed by atoms with Crippen LogP contribution in [-0.2, 0) is 6.54 Å². The number of amides is 1. The Hall–Kier alpha value is -3.42. The highest BCUT2D eigenvalue weighted by molar-refractivity contribution is 6.04. The van der Waals surface area contributed by atoms with Gasteiger partial charge in [-0.15, -0.1) is 0 Å². The number of nitrogens with zero attached hydrogens (tertiary/aromatic N) is 2. The van der Waals surface area contributed by atoms with Gasteiger partial charge in [0.2, 0.25) is 0 Å². The van der Waals surface area contributed by atoms with Gasteiger partial charge in [-0.3, -0.25) is 9.48 Å². The quantitative estimate of drug-likeness (QED) is 0.684. The fourth-order valence-corrected chi connectivity index (χ4v) is 2.49. The molecule has 1 amide bonds. The van der Waals surface area contributed by atoms with Crippen molar-refractivity contribution in [1.82, 2.24) is 9.78 Å². The molecule has 140 valence electrons. The van der Waals surface area contributed by atoms with Crippen molar-refractivity contribution in [3.8, 4) is 11.5 Å². The number of ether oxygens (including phenoxy) is 2. The van der Waals surface area contributed by atoms with E-state index in [1.165, 1.54) is 19.2 Å². The van der Waals surface area contributed by atoms with E-state index in [2.05, 4.69) is 15.2 Å². The number of rotatable bonds is 7. The van der Waals surface area contributed by atoms with E-state index in [4.69, 9.17) is 4.74 Å². The minimum absolute atomic E-state index is 0.149. The summed E-state index contributed by atoms with van der Waals surface area (Å²) in [4.78, 5) is 12.4. The Balaban J connectivity index is 1.69. The van der Waals surface area contributed by atoms with Crippen LogP contribution in [0, 0.1) is 0 Å². The van der Waals surface area contributed by atoms with Crippen molar-refractivity contribution in [2.45, 2.75) is 13.2 Å². The highest BCUT2D eigenvalue weighted by atomic mass is 19.3. The highest BCUT2D eigenvalue weighted by Crippen LogP contribution is 2.31. The van der Waals surface area contributed by atoms with Gasteiger partial charge in [0.15, 0.2) is 11.5 Å². The second-order valence-electron chi connectivity index (χ2n) is 5.60. The summed E-state index contributed by atoms with van der Waals surface area (Å²) in [6.45, 7) is -2.39. The minimum Gasteiger partial charge on any atom is -0.493 e. The number of halogens is 2. The molecule has 0 aliphatic heterocycles. The molecule has 0 saturated carbocycles. The Labute approximate surface area is 154 Å². The van der Waals surface area contributed by atoms with Crippen LogP contribution in [-0.4, -0.2) is 29.4 Å². The van der Waals surface area contributed by atoms with Crippen LogP contribution in [0.4, 0.5) is 14.5 Å². The number of benzene rings is 2. The number of carbonyl (C=O) groups excluding carboxylic acids is 1. The summed E-state index contributed by atoms with van der Waals surface area (Å²) < 4.78 is 36.2. The Morgan fingerprint density at radius 1 is 1.19 bits per heavy atom. The Bertz CT molecular complexity index is 897. The Morgan fingerprint density at radius 3 is 2.59 bits per heavy atom. The molecule has 0 atom stereocenters. The lowest BCUT2D eigenvalue weighted by molar-refractivity contribution is -0.0511. The molecule has 27 heavy (non-hydrogen) atoms. The lowest BCUT2D eigenvalue weighted by atomic mass is 10.1. The zero-order valence-electron chi connectivity index (χ0n) is 14.4. The summed E-state index contributed by atoms with van der Waals surface area (Å²) in [5.41, 5.74) is 1.75. The van der Waals surface area contributed by atoms with Gasteiger partial charge in [0.1, 0.15) is 0 Å². The first kappa shape index (κ1) is 18.4. The van der Waals surface area contributed by atoms with Crippen LogP contribution in [0.2, 0.25) is 0 Å².